The smallest absolute Gasteiger partial charge is 0.338 e. The number of carbonyl (C=O) groups excluding carboxylic acids is 2. The predicted molar refractivity (Wildman–Crippen MR) is 93.0 cm³/mol. The van der Waals surface area contributed by atoms with Gasteiger partial charge in [-0.25, -0.2) is 22.3 Å². The second-order valence-electron chi connectivity index (χ2n) is 5.23. The first-order valence-corrected chi connectivity index (χ1v) is 9.20. The van der Waals surface area contributed by atoms with Crippen molar-refractivity contribution in [2.75, 3.05) is 19.8 Å². The lowest BCUT2D eigenvalue weighted by Gasteiger charge is -2.09. The molecule has 0 unspecified atom stereocenters. The van der Waals surface area contributed by atoms with Crippen molar-refractivity contribution in [1.29, 1.82) is 0 Å². The number of hydrogen-bond acceptors (Lipinski definition) is 6. The van der Waals surface area contributed by atoms with Gasteiger partial charge < -0.3 is 15.2 Å². The van der Waals surface area contributed by atoms with Gasteiger partial charge in [0.05, 0.1) is 17.0 Å². The van der Waals surface area contributed by atoms with Crippen LogP contribution in [0.5, 0.6) is 5.75 Å². The molecule has 144 valence electrons. The van der Waals surface area contributed by atoms with Crippen molar-refractivity contribution >= 4 is 21.9 Å². The minimum absolute atomic E-state index is 0.0455. The molecule has 0 bridgehead atoms. The molecule has 10 heteroatoms. The van der Waals surface area contributed by atoms with Gasteiger partial charge >= 0.3 is 5.97 Å². The zero-order valence-corrected chi connectivity index (χ0v) is 14.9. The fourth-order valence-electron chi connectivity index (χ4n) is 1.95. The van der Waals surface area contributed by atoms with E-state index in [0.29, 0.717) is 0 Å². The number of amides is 1. The Morgan fingerprint density at radius 1 is 1.04 bits per heavy atom. The molecule has 0 heterocycles. The van der Waals surface area contributed by atoms with Gasteiger partial charge in [-0.2, -0.15) is 0 Å². The number of hydrogen-bond donors (Lipinski definition) is 2. The molecule has 0 saturated carbocycles. The average molecular weight is 396 g/mol. The Kier molecular flexibility index (Phi) is 6.85. The van der Waals surface area contributed by atoms with Gasteiger partial charge in [0, 0.05) is 0 Å². The molecule has 0 spiro atoms. The van der Waals surface area contributed by atoms with E-state index in [2.05, 4.69) is 0 Å². The van der Waals surface area contributed by atoms with Gasteiger partial charge in [-0.3, -0.25) is 4.79 Å². The Morgan fingerprint density at radius 3 is 2.33 bits per heavy atom. The van der Waals surface area contributed by atoms with E-state index < -0.39 is 34.3 Å². The van der Waals surface area contributed by atoms with Crippen molar-refractivity contribution in [3.8, 4) is 5.75 Å². The van der Waals surface area contributed by atoms with Crippen LogP contribution in [-0.4, -0.2) is 40.1 Å². The van der Waals surface area contributed by atoms with Crippen LogP contribution in [0.4, 0.5) is 4.39 Å². The van der Waals surface area contributed by atoms with Gasteiger partial charge in [-0.1, -0.05) is 12.1 Å². The van der Waals surface area contributed by atoms with Gasteiger partial charge in [-0.15, -0.1) is 0 Å². The van der Waals surface area contributed by atoms with Gasteiger partial charge in [-0.05, 0) is 36.4 Å². The quantitative estimate of drug-likeness (QED) is 0.478. The third kappa shape index (κ3) is 6.04. The molecular weight excluding hydrogens is 379 g/mol. The van der Waals surface area contributed by atoms with Crippen LogP contribution in [0.3, 0.4) is 0 Å². The van der Waals surface area contributed by atoms with Crippen molar-refractivity contribution in [2.45, 2.75) is 4.90 Å². The first-order valence-electron chi connectivity index (χ1n) is 7.72. The highest BCUT2D eigenvalue weighted by atomic mass is 32.2. The number of nitrogens with two attached hydrogens (primary N) is 1. The highest BCUT2D eigenvalue weighted by Gasteiger charge is 2.16. The summed E-state index contributed by atoms with van der Waals surface area (Å²) in [4.78, 5) is 22.4. The molecule has 0 aromatic heterocycles. The summed E-state index contributed by atoms with van der Waals surface area (Å²) in [5, 5.41) is 0. The molecule has 2 rings (SSSR count). The van der Waals surface area contributed by atoms with Crippen LogP contribution in [0.15, 0.2) is 53.4 Å². The van der Waals surface area contributed by atoms with Gasteiger partial charge in [0.15, 0.2) is 11.6 Å². The fourth-order valence-corrected chi connectivity index (χ4v) is 2.94. The molecule has 0 aliphatic rings. The molecule has 2 aromatic rings. The monoisotopic (exact) mass is 396 g/mol. The standard InChI is InChI=1S/C17H17FN2O6S/c18-14-3-1-2-4-15(14)25-9-10-26-17(22)12-5-7-13(8-6-12)27(23,24)20-11-16(19)21/h1-8,20H,9-11H2,(H2,19,21). The average Bonchev–Trinajstić information content (AvgIpc) is 2.65. The zero-order valence-electron chi connectivity index (χ0n) is 14.1. The number of halogens is 1. The molecule has 0 atom stereocenters. The summed E-state index contributed by atoms with van der Waals surface area (Å²) >= 11 is 0. The number of sulfonamides is 1. The van der Waals surface area contributed by atoms with Crippen LogP contribution < -0.4 is 15.2 Å². The number of rotatable bonds is 9. The zero-order chi connectivity index (χ0) is 19.9. The maximum atomic E-state index is 13.4. The lowest BCUT2D eigenvalue weighted by molar-refractivity contribution is -0.116. The van der Waals surface area contributed by atoms with E-state index in [9.17, 15) is 22.4 Å². The minimum atomic E-state index is -3.91. The summed E-state index contributed by atoms with van der Waals surface area (Å²) in [7, 11) is -3.91. The van der Waals surface area contributed by atoms with E-state index >= 15 is 0 Å². The Morgan fingerprint density at radius 2 is 1.70 bits per heavy atom. The molecule has 8 nitrogen and oxygen atoms in total. The highest BCUT2D eigenvalue weighted by Crippen LogP contribution is 2.15. The van der Waals surface area contributed by atoms with E-state index in [4.69, 9.17) is 15.2 Å². The SMILES string of the molecule is NC(=O)CNS(=O)(=O)c1ccc(C(=O)OCCOc2ccccc2F)cc1. The van der Waals surface area contributed by atoms with Crippen LogP contribution in [0, 0.1) is 5.82 Å². The Labute approximate surface area is 155 Å². The number of para-hydroxylation sites is 1. The van der Waals surface area contributed by atoms with E-state index in [-0.39, 0.29) is 29.4 Å². The largest absolute Gasteiger partial charge is 0.487 e. The molecule has 1 amide bonds. The normalized spacial score (nSPS) is 11.0. The second kappa shape index (κ2) is 9.10. The Hall–Kier alpha value is -2.98. The molecule has 0 radical (unpaired) electrons. The summed E-state index contributed by atoms with van der Waals surface area (Å²) in [6, 6.07) is 10.7. The predicted octanol–water partition coefficient (Wildman–Crippen LogP) is 0.825. The van der Waals surface area contributed by atoms with Crippen LogP contribution in [0.25, 0.3) is 0 Å². The fraction of sp³-hybridized carbons (Fsp3) is 0.176. The number of primary amides is 1. The third-order valence-corrected chi connectivity index (χ3v) is 4.66. The van der Waals surface area contributed by atoms with E-state index in [1.807, 2.05) is 4.72 Å². The molecule has 0 aliphatic carbocycles. The van der Waals surface area contributed by atoms with Crippen LogP contribution in [0.1, 0.15) is 10.4 Å². The molecule has 0 saturated heterocycles. The van der Waals surface area contributed by atoms with Crippen LogP contribution in [-0.2, 0) is 19.6 Å². The number of esters is 1. The molecular formula is C17H17FN2O6S. The first kappa shape index (κ1) is 20.3. The summed E-state index contributed by atoms with van der Waals surface area (Å²) in [5.74, 6) is -1.99. The number of carbonyl (C=O) groups is 2. The number of benzene rings is 2. The van der Waals surface area contributed by atoms with E-state index in [1.165, 1.54) is 42.5 Å². The molecule has 2 aromatic carbocycles. The van der Waals surface area contributed by atoms with Gasteiger partial charge in [0.2, 0.25) is 15.9 Å². The molecule has 27 heavy (non-hydrogen) atoms. The van der Waals surface area contributed by atoms with Gasteiger partial charge in [0.1, 0.15) is 13.2 Å². The number of nitrogens with one attached hydrogen (secondary N) is 1. The van der Waals surface area contributed by atoms with Crippen molar-refractivity contribution in [1.82, 2.24) is 4.72 Å². The van der Waals surface area contributed by atoms with Crippen molar-refractivity contribution in [3.05, 3.63) is 59.9 Å². The minimum Gasteiger partial charge on any atom is -0.487 e. The number of ether oxygens (including phenoxy) is 2. The molecule has 0 aliphatic heterocycles. The maximum Gasteiger partial charge on any atom is 0.338 e. The summed E-state index contributed by atoms with van der Waals surface area (Å²) in [5.41, 5.74) is 5.01. The van der Waals surface area contributed by atoms with Crippen LogP contribution in [0.2, 0.25) is 0 Å². The lowest BCUT2D eigenvalue weighted by Crippen LogP contribution is -2.33. The molecule has 0 fully saturated rings. The Balaban J connectivity index is 1.86. The summed E-state index contributed by atoms with van der Waals surface area (Å²) in [6.45, 7) is -0.697. The third-order valence-electron chi connectivity index (χ3n) is 3.25. The highest BCUT2D eigenvalue weighted by molar-refractivity contribution is 7.89. The van der Waals surface area contributed by atoms with Crippen molar-refractivity contribution in [3.63, 3.8) is 0 Å². The first-order chi connectivity index (χ1) is 12.8. The van der Waals surface area contributed by atoms with Crippen LogP contribution >= 0.6 is 0 Å². The summed E-state index contributed by atoms with van der Waals surface area (Å²) in [6.07, 6.45) is 0. The van der Waals surface area contributed by atoms with E-state index in [1.54, 1.807) is 6.07 Å². The second-order valence-corrected chi connectivity index (χ2v) is 7.00. The lowest BCUT2D eigenvalue weighted by atomic mass is 10.2. The van der Waals surface area contributed by atoms with Crippen molar-refractivity contribution in [2.24, 2.45) is 5.73 Å². The van der Waals surface area contributed by atoms with Crippen molar-refractivity contribution < 1.29 is 31.9 Å². The Bertz CT molecular complexity index is 915. The van der Waals surface area contributed by atoms with E-state index in [0.717, 1.165) is 0 Å². The summed E-state index contributed by atoms with van der Waals surface area (Å²) < 4.78 is 49.3. The topological polar surface area (TPSA) is 125 Å². The van der Waals surface area contributed by atoms with Gasteiger partial charge in [0.25, 0.3) is 0 Å². The molecule has 3 N–H and O–H groups in total. The maximum absolute atomic E-state index is 13.4.